The number of likely N-dealkylation sites (tertiary alicyclic amines) is 1. The van der Waals surface area contributed by atoms with E-state index in [0.29, 0.717) is 30.9 Å². The van der Waals surface area contributed by atoms with Crippen LogP contribution in [0.25, 0.3) is 10.4 Å². The van der Waals surface area contributed by atoms with Gasteiger partial charge in [-0.05, 0) is 74.1 Å². The number of nitrogens with zero attached hydrogens (tertiary/aromatic N) is 3. The van der Waals surface area contributed by atoms with Crippen molar-refractivity contribution in [1.29, 1.82) is 5.26 Å². The molecule has 1 saturated carbocycles. The van der Waals surface area contributed by atoms with E-state index in [1.165, 1.54) is 17.1 Å². The molecule has 1 aliphatic carbocycles. The van der Waals surface area contributed by atoms with Gasteiger partial charge in [-0.2, -0.15) is 5.26 Å². The molecule has 7 atom stereocenters. The SMILES string of the molecule is C=C/C(=C\C=C\NCCCCCOCC(=O)NC(C(=O)N1C[C@H](OC(=O)CN)C[C@H]1C(=O)N[C@@H](C)c1ccc(-c2scnc2C)cc1)C(C)(C)C)C(=O)N[C@H]1C(C)[C@H](OC(=C)/C=C(/Cl)C(=C)C#N)C1(C)C. The first-order chi connectivity index (χ1) is 33.5. The van der Waals surface area contributed by atoms with Crippen LogP contribution < -0.4 is 27.0 Å². The van der Waals surface area contributed by atoms with E-state index in [1.54, 1.807) is 35.2 Å². The monoisotopic (exact) mass is 1010 g/mol. The summed E-state index contributed by atoms with van der Waals surface area (Å²) in [6.07, 6.45) is 9.53. The first-order valence-electron chi connectivity index (χ1n) is 23.8. The van der Waals surface area contributed by atoms with Gasteiger partial charge < -0.3 is 46.1 Å². The molecular formula is C53H71ClN8O8S. The summed E-state index contributed by atoms with van der Waals surface area (Å²) in [5, 5.41) is 21.4. The standard InChI is InChI=1S/C53H71ClN8O8S/c1-12-37(49(65)61-46-34(4)48(53(46,10)11)69-33(3)25-41(54)32(2)27-55)17-16-23-57-22-14-13-15-24-68-30-43(63)60-47(52(7,8)9)51(67)62-29-40(70-44(64)28-56)26-42(62)50(66)59-35(5)38-18-20-39(21-19-38)45-36(6)58-31-71-45/h12,16-21,23,25,31,34-35,40,42,46-48,57H,1-3,13-15,22,24,26,28-30,56H2,4-11H3,(H,59,66)(H,60,63)(H,61,65)/b23-16+,37-17+,41-25+/t34?,35-,40+,42-,46-,47?,48-/m0/s1. The molecule has 1 aromatic heterocycles. The highest BCUT2D eigenvalue weighted by Crippen LogP contribution is 2.48. The van der Waals surface area contributed by atoms with Gasteiger partial charge in [-0.25, -0.2) is 4.98 Å². The molecule has 384 valence electrons. The predicted molar refractivity (Wildman–Crippen MR) is 277 cm³/mol. The molecule has 1 saturated heterocycles. The number of rotatable bonds is 25. The smallest absolute Gasteiger partial charge is 0.320 e. The Morgan fingerprint density at radius 1 is 1.10 bits per heavy atom. The van der Waals surface area contributed by atoms with Crippen molar-refractivity contribution in [3.63, 3.8) is 0 Å². The van der Waals surface area contributed by atoms with Crippen molar-refractivity contribution in [3.05, 3.63) is 113 Å². The number of carbonyl (C=O) groups is 5. The van der Waals surface area contributed by atoms with Crippen LogP contribution in [0.15, 0.2) is 102 Å². The van der Waals surface area contributed by atoms with Gasteiger partial charge in [0, 0.05) is 42.5 Å². The van der Waals surface area contributed by atoms with Gasteiger partial charge in [-0.15, -0.1) is 11.3 Å². The zero-order chi connectivity index (χ0) is 52.6. The second-order valence-electron chi connectivity index (χ2n) is 19.5. The van der Waals surface area contributed by atoms with Gasteiger partial charge in [0.25, 0.3) is 5.91 Å². The number of thiazole rings is 1. The van der Waals surface area contributed by atoms with Crippen LogP contribution in [0.1, 0.15) is 91.4 Å². The average molecular weight is 1020 g/mol. The average Bonchev–Trinajstić information content (AvgIpc) is 3.96. The summed E-state index contributed by atoms with van der Waals surface area (Å²) < 4.78 is 17.2. The van der Waals surface area contributed by atoms with Crippen LogP contribution in [0.2, 0.25) is 0 Å². The molecule has 16 nitrogen and oxygen atoms in total. The fraction of sp³-hybridized carbons (Fsp3) is 0.491. The predicted octanol–water partition coefficient (Wildman–Crippen LogP) is 6.96. The lowest BCUT2D eigenvalue weighted by Gasteiger charge is -2.56. The van der Waals surface area contributed by atoms with Crippen LogP contribution in [-0.2, 0) is 38.2 Å². The number of ether oxygens (including phenoxy) is 3. The van der Waals surface area contributed by atoms with Gasteiger partial charge in [-0.1, -0.05) is 103 Å². The number of halogens is 1. The minimum absolute atomic E-state index is 0.0343. The second-order valence-corrected chi connectivity index (χ2v) is 20.8. The van der Waals surface area contributed by atoms with Crippen LogP contribution in [0.3, 0.4) is 0 Å². The Balaban J connectivity index is 1.20. The van der Waals surface area contributed by atoms with Crippen molar-refractivity contribution in [2.75, 3.05) is 32.8 Å². The third kappa shape index (κ3) is 16.0. The molecule has 0 spiro atoms. The molecule has 6 N–H and O–H groups in total. The number of unbranched alkanes of at least 4 members (excludes halogenated alkanes) is 2. The van der Waals surface area contributed by atoms with Gasteiger partial charge in [0.2, 0.25) is 17.7 Å². The summed E-state index contributed by atoms with van der Waals surface area (Å²) in [4.78, 5) is 73.6. The molecule has 0 radical (unpaired) electrons. The van der Waals surface area contributed by atoms with Crippen molar-refractivity contribution < 1.29 is 38.2 Å². The number of hydrogen-bond donors (Lipinski definition) is 5. The maximum atomic E-state index is 14.3. The van der Waals surface area contributed by atoms with E-state index in [4.69, 9.17) is 36.8 Å². The second kappa shape index (κ2) is 26.4. The summed E-state index contributed by atoms with van der Waals surface area (Å²) in [5.74, 6) is -2.01. The molecule has 4 amide bonds. The summed E-state index contributed by atoms with van der Waals surface area (Å²) in [7, 11) is 0. The molecule has 2 aromatic rings. The summed E-state index contributed by atoms with van der Waals surface area (Å²) in [5.41, 5.74) is 9.48. The minimum atomic E-state index is -1.02. The van der Waals surface area contributed by atoms with E-state index in [9.17, 15) is 24.0 Å². The van der Waals surface area contributed by atoms with Crippen LogP contribution in [-0.4, -0.2) is 103 Å². The fourth-order valence-electron chi connectivity index (χ4n) is 8.70. The Bertz CT molecular complexity index is 2400. The van der Waals surface area contributed by atoms with Crippen LogP contribution in [0.4, 0.5) is 0 Å². The maximum absolute atomic E-state index is 14.3. The highest BCUT2D eigenvalue weighted by molar-refractivity contribution is 7.13. The molecule has 2 aliphatic rings. The van der Waals surface area contributed by atoms with Crippen molar-refractivity contribution in [2.45, 2.75) is 117 Å². The number of nitriles is 1. The van der Waals surface area contributed by atoms with Gasteiger partial charge >= 0.3 is 5.97 Å². The Hall–Kier alpha value is -6.06. The van der Waals surface area contributed by atoms with Crippen molar-refractivity contribution in [3.8, 4) is 16.5 Å². The number of nitrogens with one attached hydrogen (secondary N) is 4. The van der Waals surface area contributed by atoms with Crippen molar-refractivity contribution in [1.82, 2.24) is 31.2 Å². The fourth-order valence-corrected chi connectivity index (χ4v) is 9.68. The zero-order valence-electron chi connectivity index (χ0n) is 42.3. The molecule has 4 rings (SSSR count). The number of benzene rings is 1. The normalized spacial score (nSPS) is 20.7. The number of aryl methyl sites for hydroxylation is 1. The number of allylic oxidation sites excluding steroid dienone is 5. The maximum Gasteiger partial charge on any atom is 0.320 e. The van der Waals surface area contributed by atoms with E-state index < -0.39 is 58.8 Å². The summed E-state index contributed by atoms with van der Waals surface area (Å²) in [6.45, 7) is 26.9. The molecule has 2 unspecified atom stereocenters. The number of hydrogen-bond acceptors (Lipinski definition) is 13. The Labute approximate surface area is 427 Å². The number of esters is 1. The first kappa shape index (κ1) is 57.5. The highest BCUT2D eigenvalue weighted by atomic mass is 35.5. The van der Waals surface area contributed by atoms with E-state index >= 15 is 0 Å². The lowest BCUT2D eigenvalue weighted by molar-refractivity contribution is -0.148. The lowest BCUT2D eigenvalue weighted by atomic mass is 9.57. The Kier molecular flexibility index (Phi) is 21.4. The largest absolute Gasteiger partial charge is 0.490 e. The van der Waals surface area contributed by atoms with E-state index in [2.05, 4.69) is 46.0 Å². The van der Waals surface area contributed by atoms with E-state index in [-0.39, 0.29) is 60.7 Å². The van der Waals surface area contributed by atoms with Crippen LogP contribution in [0, 0.1) is 35.0 Å². The third-order valence-electron chi connectivity index (χ3n) is 12.6. The zero-order valence-corrected chi connectivity index (χ0v) is 43.8. The van der Waals surface area contributed by atoms with Gasteiger partial charge in [0.15, 0.2) is 0 Å². The van der Waals surface area contributed by atoms with Gasteiger partial charge in [0.1, 0.15) is 42.7 Å². The molecule has 1 aliphatic heterocycles. The highest BCUT2D eigenvalue weighted by Gasteiger charge is 2.57. The number of aromatic nitrogens is 1. The molecule has 71 heavy (non-hydrogen) atoms. The molecule has 18 heteroatoms. The molecule has 2 fully saturated rings. The molecule has 0 bridgehead atoms. The van der Waals surface area contributed by atoms with E-state index in [1.807, 2.05) is 85.7 Å². The first-order valence-corrected chi connectivity index (χ1v) is 25.0. The molecular weight excluding hydrogens is 944 g/mol. The topological polar surface area (TPSA) is 227 Å². The Morgan fingerprint density at radius 2 is 1.80 bits per heavy atom. The quantitative estimate of drug-likeness (QED) is 0.0170. The van der Waals surface area contributed by atoms with Gasteiger partial charge in [0.05, 0.1) is 45.8 Å². The summed E-state index contributed by atoms with van der Waals surface area (Å²) >= 11 is 7.66. The third-order valence-corrected chi connectivity index (χ3v) is 14.0. The minimum Gasteiger partial charge on any atom is -0.490 e. The van der Waals surface area contributed by atoms with E-state index in [0.717, 1.165) is 34.5 Å². The van der Waals surface area contributed by atoms with Crippen LogP contribution in [0.5, 0.6) is 0 Å². The molecule has 2 heterocycles. The van der Waals surface area contributed by atoms with Crippen LogP contribution >= 0.6 is 22.9 Å². The lowest BCUT2D eigenvalue weighted by Crippen LogP contribution is -2.68. The Morgan fingerprint density at radius 3 is 2.41 bits per heavy atom. The van der Waals surface area contributed by atoms with Crippen molar-refractivity contribution >= 4 is 52.5 Å². The van der Waals surface area contributed by atoms with Gasteiger partial charge in [-0.3, -0.25) is 24.0 Å². The number of amides is 4. The van der Waals surface area contributed by atoms with Crippen molar-refractivity contribution in [2.24, 2.45) is 22.5 Å². The number of nitrogens with two attached hydrogens (primary N) is 1. The molecule has 1 aromatic carbocycles. The number of carbonyl (C=O) groups excluding carboxylic acids is 5. The summed E-state index contributed by atoms with van der Waals surface area (Å²) in [6, 6.07) is 7.17.